The van der Waals surface area contributed by atoms with Crippen LogP contribution in [0.1, 0.15) is 131 Å². The van der Waals surface area contributed by atoms with Crippen LogP contribution in [-0.4, -0.2) is 52.4 Å². The molecule has 0 aromatic heterocycles. The molecule has 8 aliphatic rings. The van der Waals surface area contributed by atoms with E-state index in [9.17, 15) is 15.0 Å². The third-order valence-electron chi connectivity index (χ3n) is 16.7. The highest BCUT2D eigenvalue weighted by molar-refractivity contribution is 5.66. The highest BCUT2D eigenvalue weighted by atomic mass is 16.9. The van der Waals surface area contributed by atoms with Gasteiger partial charge in [-0.1, -0.05) is 34.6 Å². The van der Waals surface area contributed by atoms with Crippen molar-refractivity contribution in [2.24, 2.45) is 70.0 Å². The Labute approximate surface area is 277 Å². The minimum absolute atomic E-state index is 0.152. The molecule has 0 aromatic rings. The highest BCUT2D eigenvalue weighted by Crippen LogP contribution is 2.69. The maximum absolute atomic E-state index is 11.9. The highest BCUT2D eigenvalue weighted by Gasteiger charge is 2.72. The molecule has 0 amide bonds. The fraction of sp³-hybridized carbons (Fsp3) is 0.974. The third kappa shape index (κ3) is 4.63. The molecular formula is C39H62O7. The molecule has 7 heteroatoms. The molecule has 260 valence electrons. The van der Waals surface area contributed by atoms with Gasteiger partial charge in [-0.05, 0) is 142 Å². The van der Waals surface area contributed by atoms with Gasteiger partial charge >= 0.3 is 5.97 Å². The minimum atomic E-state index is -0.681. The Balaban J connectivity index is 0.955. The average Bonchev–Trinajstić information content (AvgIpc) is 3.46. The predicted molar refractivity (Wildman–Crippen MR) is 173 cm³/mol. The first-order valence-electron chi connectivity index (χ1n) is 19.4. The zero-order chi connectivity index (χ0) is 32.4. The molecule has 3 aliphatic heterocycles. The van der Waals surface area contributed by atoms with E-state index in [2.05, 4.69) is 41.5 Å². The summed E-state index contributed by atoms with van der Waals surface area (Å²) in [5.74, 6) is 3.47. The van der Waals surface area contributed by atoms with E-state index in [0.717, 1.165) is 51.4 Å². The Morgan fingerprint density at radius 1 is 0.891 bits per heavy atom. The van der Waals surface area contributed by atoms with Crippen molar-refractivity contribution in [2.75, 3.05) is 0 Å². The van der Waals surface area contributed by atoms with Gasteiger partial charge in [0.05, 0.1) is 12.2 Å². The lowest BCUT2D eigenvalue weighted by Gasteiger charge is -2.63. The van der Waals surface area contributed by atoms with Gasteiger partial charge in [-0.3, -0.25) is 4.79 Å². The molecule has 0 aromatic carbocycles. The van der Waals surface area contributed by atoms with Crippen LogP contribution in [0.25, 0.3) is 0 Å². The van der Waals surface area contributed by atoms with E-state index in [1.165, 1.54) is 32.1 Å². The lowest BCUT2D eigenvalue weighted by Crippen LogP contribution is -2.66. The molecule has 1 spiro atoms. The van der Waals surface area contributed by atoms with Gasteiger partial charge < -0.3 is 29.2 Å². The van der Waals surface area contributed by atoms with Crippen LogP contribution in [0.3, 0.4) is 0 Å². The second-order valence-corrected chi connectivity index (χ2v) is 18.7. The number of hydrogen-bond acceptors (Lipinski definition) is 6. The third-order valence-corrected chi connectivity index (χ3v) is 16.7. The van der Waals surface area contributed by atoms with E-state index in [1.807, 2.05) is 0 Å². The Bertz CT molecular complexity index is 1190. The Kier molecular flexibility index (Phi) is 7.86. The molecule has 18 atom stereocenters. The molecule has 5 saturated carbocycles. The normalized spacial score (nSPS) is 57.9. The van der Waals surface area contributed by atoms with Crippen molar-refractivity contribution in [3.8, 4) is 0 Å². The second-order valence-electron chi connectivity index (χ2n) is 18.7. The van der Waals surface area contributed by atoms with E-state index in [-0.39, 0.29) is 53.6 Å². The average molecular weight is 643 g/mol. The maximum atomic E-state index is 11.9. The van der Waals surface area contributed by atoms with Gasteiger partial charge in [0.2, 0.25) is 0 Å². The molecule has 8 rings (SSSR count). The fourth-order valence-electron chi connectivity index (χ4n) is 14.3. The van der Waals surface area contributed by atoms with Crippen LogP contribution in [0, 0.1) is 70.0 Å². The number of aliphatic carboxylic acids is 1. The van der Waals surface area contributed by atoms with Crippen LogP contribution >= 0.6 is 0 Å². The summed E-state index contributed by atoms with van der Waals surface area (Å²) in [6.07, 6.45) is 13.7. The first kappa shape index (κ1) is 32.5. The molecular weight excluding hydrogens is 580 g/mol. The lowest BCUT2D eigenvalue weighted by atomic mass is 9.43. The van der Waals surface area contributed by atoms with Crippen molar-refractivity contribution in [2.45, 2.75) is 168 Å². The lowest BCUT2D eigenvalue weighted by molar-refractivity contribution is -0.348. The standard InChI is InChI=1S/C39H62O7/c1-21(8-12-32(41)42)26-10-11-29-33-30(14-17-37(26,29)5)36(4)16-13-25(19-24(36)20-31(33)40)43-34-23(3)28-9-7-22(2)27-15-18-38(6)45-35(44-34)39(27,28)46-38/h21-31,33-35,40H,7-20H2,1-6H3,(H,41,42)/t21-,22-,23-,24?,25-,26-,27?,28?,29?,30?,31-,33?,34?,35?,36+,37-,38-,39-/m1/s1. The Morgan fingerprint density at radius 3 is 2.39 bits per heavy atom. The topological polar surface area (TPSA) is 94.5 Å². The zero-order valence-electron chi connectivity index (χ0n) is 29.4. The predicted octanol–water partition coefficient (Wildman–Crippen LogP) is 7.78. The van der Waals surface area contributed by atoms with Crippen LogP contribution in [-0.2, 0) is 23.7 Å². The van der Waals surface area contributed by atoms with Crippen molar-refractivity contribution < 1.29 is 34.0 Å². The Hall–Kier alpha value is -0.730. The van der Waals surface area contributed by atoms with E-state index < -0.39 is 11.8 Å². The number of aliphatic hydroxyl groups is 1. The number of ether oxygens (including phenoxy) is 4. The summed E-state index contributed by atoms with van der Waals surface area (Å²) in [7, 11) is 0. The molecule has 46 heavy (non-hydrogen) atoms. The van der Waals surface area contributed by atoms with Crippen molar-refractivity contribution in [1.29, 1.82) is 0 Å². The van der Waals surface area contributed by atoms with Gasteiger partial charge in [-0.15, -0.1) is 0 Å². The van der Waals surface area contributed by atoms with Crippen molar-refractivity contribution >= 4 is 5.97 Å². The number of carboxylic acids is 1. The summed E-state index contributed by atoms with van der Waals surface area (Å²) >= 11 is 0. The SMILES string of the molecule is C[C@H]1C(O[C@@H]2CC[C@@]3(C)C(C2)C[C@@H](O)C2C3CC[C@@]3(C)C2CC[C@@H]3[C@H](C)CCC(=O)O)OC2O[C@@]3(C)CCC4[C@H](C)CCC1[C@@]24O3. The molecule has 3 heterocycles. The van der Waals surface area contributed by atoms with Gasteiger partial charge in [0.15, 0.2) is 18.4 Å². The summed E-state index contributed by atoms with van der Waals surface area (Å²) in [6.45, 7) is 14.2. The summed E-state index contributed by atoms with van der Waals surface area (Å²) in [5, 5.41) is 21.2. The first-order valence-corrected chi connectivity index (χ1v) is 19.4. The maximum Gasteiger partial charge on any atom is 0.303 e. The molecule has 2 bridgehead atoms. The first-order chi connectivity index (χ1) is 21.8. The number of hydrogen-bond donors (Lipinski definition) is 2. The van der Waals surface area contributed by atoms with Gasteiger partial charge in [-0.2, -0.15) is 0 Å². The minimum Gasteiger partial charge on any atom is -0.481 e. The van der Waals surface area contributed by atoms with Crippen molar-refractivity contribution in [3.63, 3.8) is 0 Å². The fourth-order valence-corrected chi connectivity index (χ4v) is 14.3. The largest absolute Gasteiger partial charge is 0.481 e. The van der Waals surface area contributed by atoms with Gasteiger partial charge in [0.1, 0.15) is 5.60 Å². The number of fused-ring (bicyclic) bond motifs is 6. The Morgan fingerprint density at radius 2 is 1.61 bits per heavy atom. The molecule has 7 nitrogen and oxygen atoms in total. The van der Waals surface area contributed by atoms with Crippen LogP contribution in [0.5, 0.6) is 0 Å². The van der Waals surface area contributed by atoms with E-state index in [0.29, 0.717) is 53.3 Å². The summed E-state index contributed by atoms with van der Waals surface area (Å²) in [5.41, 5.74) is 0.120. The van der Waals surface area contributed by atoms with Crippen LogP contribution in [0.2, 0.25) is 0 Å². The van der Waals surface area contributed by atoms with E-state index >= 15 is 0 Å². The van der Waals surface area contributed by atoms with Gasteiger partial charge in [0, 0.05) is 24.7 Å². The molecule has 0 radical (unpaired) electrons. The van der Waals surface area contributed by atoms with E-state index in [4.69, 9.17) is 18.9 Å². The monoisotopic (exact) mass is 642 g/mol. The summed E-state index contributed by atoms with van der Waals surface area (Å²) in [4.78, 5) is 11.3. The molecule has 5 aliphatic carbocycles. The van der Waals surface area contributed by atoms with Crippen molar-refractivity contribution in [3.05, 3.63) is 0 Å². The van der Waals surface area contributed by atoms with Crippen LogP contribution < -0.4 is 0 Å². The number of carboxylic acid groups (broad SMARTS) is 1. The zero-order valence-corrected chi connectivity index (χ0v) is 29.4. The summed E-state index contributed by atoms with van der Waals surface area (Å²) < 4.78 is 27.3. The number of rotatable bonds is 6. The van der Waals surface area contributed by atoms with Crippen LogP contribution in [0.4, 0.5) is 0 Å². The van der Waals surface area contributed by atoms with Crippen molar-refractivity contribution in [1.82, 2.24) is 0 Å². The van der Waals surface area contributed by atoms with Gasteiger partial charge in [-0.25, -0.2) is 0 Å². The van der Waals surface area contributed by atoms with Crippen LogP contribution in [0.15, 0.2) is 0 Å². The summed E-state index contributed by atoms with van der Waals surface area (Å²) in [6, 6.07) is 0. The second kappa shape index (κ2) is 11.1. The van der Waals surface area contributed by atoms with E-state index in [1.54, 1.807) is 0 Å². The number of aliphatic hydroxyl groups excluding tert-OH is 1. The molecule has 3 saturated heterocycles. The molecule has 8 fully saturated rings. The smallest absolute Gasteiger partial charge is 0.303 e. The molecule has 2 N–H and O–H groups in total. The quantitative estimate of drug-likeness (QED) is 0.286. The van der Waals surface area contributed by atoms with Gasteiger partial charge in [0.25, 0.3) is 0 Å². The number of carbonyl (C=O) groups is 1. The molecule has 8 unspecified atom stereocenters.